The molecule has 1 saturated carbocycles. The van der Waals surface area contributed by atoms with E-state index in [0.29, 0.717) is 5.92 Å². The van der Waals surface area contributed by atoms with E-state index in [0.717, 1.165) is 24.6 Å². The molecule has 1 aromatic rings. The molecule has 4 heteroatoms. The average Bonchev–Trinajstić information content (AvgIpc) is 2.52. The lowest BCUT2D eigenvalue weighted by Crippen LogP contribution is -2.46. The number of hydrogen-bond acceptors (Lipinski definition) is 4. The molecule has 0 aromatic carbocycles. The summed E-state index contributed by atoms with van der Waals surface area (Å²) in [6.45, 7) is 4.14. The van der Waals surface area contributed by atoms with Crippen molar-refractivity contribution in [2.75, 3.05) is 7.05 Å². The van der Waals surface area contributed by atoms with Gasteiger partial charge in [0.25, 0.3) is 0 Å². The molecule has 0 spiro atoms. The van der Waals surface area contributed by atoms with Gasteiger partial charge in [-0.3, -0.25) is 0 Å². The summed E-state index contributed by atoms with van der Waals surface area (Å²) >= 11 is 0. The van der Waals surface area contributed by atoms with Crippen molar-refractivity contribution in [3.63, 3.8) is 0 Å². The Labute approximate surface area is 84.1 Å². The normalized spacial score (nSPS) is 19.7. The number of aromatic nitrogens is 2. The SMILES string of the molecule is CNC1(c2nc(C(C)C)no2)CCC1. The summed E-state index contributed by atoms with van der Waals surface area (Å²) in [7, 11) is 1.96. The summed E-state index contributed by atoms with van der Waals surface area (Å²) in [5.74, 6) is 1.90. The first-order valence-electron chi connectivity index (χ1n) is 5.21. The van der Waals surface area contributed by atoms with Gasteiger partial charge in [0.05, 0.1) is 5.54 Å². The fourth-order valence-electron chi connectivity index (χ4n) is 1.76. The van der Waals surface area contributed by atoms with Crippen LogP contribution in [0.2, 0.25) is 0 Å². The van der Waals surface area contributed by atoms with Gasteiger partial charge in [-0.25, -0.2) is 0 Å². The molecule has 0 radical (unpaired) electrons. The minimum Gasteiger partial charge on any atom is -0.337 e. The summed E-state index contributed by atoms with van der Waals surface area (Å²) in [5, 5.41) is 7.27. The number of nitrogens with one attached hydrogen (secondary N) is 1. The zero-order valence-electron chi connectivity index (χ0n) is 9.00. The molecule has 1 heterocycles. The molecule has 0 saturated heterocycles. The van der Waals surface area contributed by atoms with Gasteiger partial charge >= 0.3 is 0 Å². The lowest BCUT2D eigenvalue weighted by Gasteiger charge is -2.37. The molecular formula is C10H17N3O. The van der Waals surface area contributed by atoms with E-state index in [9.17, 15) is 0 Å². The molecule has 1 aliphatic rings. The highest BCUT2D eigenvalue weighted by atomic mass is 16.5. The standard InChI is InChI=1S/C10H17N3O/c1-7(2)8-12-9(14-13-8)10(11-3)5-4-6-10/h7,11H,4-6H2,1-3H3. The quantitative estimate of drug-likeness (QED) is 0.799. The van der Waals surface area contributed by atoms with Crippen LogP contribution in [0.25, 0.3) is 0 Å². The smallest absolute Gasteiger partial charge is 0.246 e. The monoisotopic (exact) mass is 195 g/mol. The summed E-state index contributed by atoms with van der Waals surface area (Å²) in [6.07, 6.45) is 3.44. The summed E-state index contributed by atoms with van der Waals surface area (Å²) in [4.78, 5) is 4.43. The van der Waals surface area contributed by atoms with Gasteiger partial charge in [-0.05, 0) is 26.3 Å². The van der Waals surface area contributed by atoms with Crippen molar-refractivity contribution in [3.05, 3.63) is 11.7 Å². The van der Waals surface area contributed by atoms with Gasteiger partial charge in [0.1, 0.15) is 0 Å². The van der Waals surface area contributed by atoms with Crippen LogP contribution in [0.3, 0.4) is 0 Å². The molecule has 1 aromatic heterocycles. The fraction of sp³-hybridized carbons (Fsp3) is 0.800. The molecule has 1 N–H and O–H groups in total. The van der Waals surface area contributed by atoms with E-state index in [1.165, 1.54) is 6.42 Å². The Kier molecular flexibility index (Phi) is 2.31. The van der Waals surface area contributed by atoms with Crippen molar-refractivity contribution in [1.29, 1.82) is 0 Å². The second-order valence-corrected chi connectivity index (χ2v) is 4.30. The van der Waals surface area contributed by atoms with E-state index in [4.69, 9.17) is 4.52 Å². The third-order valence-corrected chi connectivity index (χ3v) is 3.05. The van der Waals surface area contributed by atoms with Crippen molar-refractivity contribution < 1.29 is 4.52 Å². The minimum atomic E-state index is -0.0276. The zero-order chi connectivity index (χ0) is 10.2. The molecule has 78 valence electrons. The molecule has 0 aliphatic heterocycles. The summed E-state index contributed by atoms with van der Waals surface area (Å²) in [6, 6.07) is 0. The molecule has 14 heavy (non-hydrogen) atoms. The van der Waals surface area contributed by atoms with Crippen LogP contribution in [0.15, 0.2) is 4.52 Å². The minimum absolute atomic E-state index is 0.0276. The maximum Gasteiger partial charge on any atom is 0.246 e. The van der Waals surface area contributed by atoms with Gasteiger partial charge in [0.2, 0.25) is 5.89 Å². The molecule has 0 bridgehead atoms. The van der Waals surface area contributed by atoms with Gasteiger partial charge in [-0.2, -0.15) is 4.98 Å². The van der Waals surface area contributed by atoms with Crippen molar-refractivity contribution in [1.82, 2.24) is 15.5 Å². The molecule has 2 rings (SSSR count). The molecule has 1 fully saturated rings. The Morgan fingerprint density at radius 3 is 2.50 bits per heavy atom. The topological polar surface area (TPSA) is 51.0 Å². The van der Waals surface area contributed by atoms with Gasteiger partial charge in [0.15, 0.2) is 5.82 Å². The number of nitrogens with zero attached hydrogens (tertiary/aromatic N) is 2. The Hall–Kier alpha value is -0.900. The molecule has 4 nitrogen and oxygen atoms in total. The van der Waals surface area contributed by atoms with Crippen molar-refractivity contribution >= 4 is 0 Å². The highest BCUT2D eigenvalue weighted by Gasteiger charge is 2.42. The van der Waals surface area contributed by atoms with Crippen LogP contribution >= 0.6 is 0 Å². The van der Waals surface area contributed by atoms with Gasteiger partial charge in [-0.15, -0.1) is 0 Å². The first kappa shape index (κ1) is 9.65. The Morgan fingerprint density at radius 1 is 1.43 bits per heavy atom. The van der Waals surface area contributed by atoms with Gasteiger partial charge < -0.3 is 9.84 Å². The lowest BCUT2D eigenvalue weighted by molar-refractivity contribution is 0.142. The van der Waals surface area contributed by atoms with E-state index < -0.39 is 0 Å². The lowest BCUT2D eigenvalue weighted by atomic mass is 9.77. The highest BCUT2D eigenvalue weighted by molar-refractivity contribution is 5.09. The Balaban J connectivity index is 2.23. The van der Waals surface area contributed by atoms with E-state index in [-0.39, 0.29) is 5.54 Å². The number of hydrogen-bond donors (Lipinski definition) is 1. The Morgan fingerprint density at radius 2 is 2.14 bits per heavy atom. The largest absolute Gasteiger partial charge is 0.337 e. The molecule has 0 amide bonds. The van der Waals surface area contributed by atoms with E-state index >= 15 is 0 Å². The molecular weight excluding hydrogens is 178 g/mol. The predicted octanol–water partition coefficient (Wildman–Crippen LogP) is 1.79. The van der Waals surface area contributed by atoms with Crippen LogP contribution in [-0.2, 0) is 5.54 Å². The third-order valence-electron chi connectivity index (χ3n) is 3.05. The van der Waals surface area contributed by atoms with Crippen molar-refractivity contribution in [2.45, 2.75) is 44.6 Å². The van der Waals surface area contributed by atoms with Crippen LogP contribution in [-0.4, -0.2) is 17.2 Å². The first-order chi connectivity index (χ1) is 6.68. The number of rotatable bonds is 3. The summed E-state index contributed by atoms with van der Waals surface area (Å²) < 4.78 is 5.30. The van der Waals surface area contributed by atoms with E-state index in [1.54, 1.807) is 0 Å². The maximum atomic E-state index is 5.30. The first-order valence-corrected chi connectivity index (χ1v) is 5.21. The Bertz CT molecular complexity index is 309. The van der Waals surface area contributed by atoms with Crippen LogP contribution < -0.4 is 5.32 Å². The fourth-order valence-corrected chi connectivity index (χ4v) is 1.76. The predicted molar refractivity (Wildman–Crippen MR) is 53.0 cm³/mol. The second kappa shape index (κ2) is 3.35. The van der Waals surface area contributed by atoms with Crippen molar-refractivity contribution in [2.24, 2.45) is 0 Å². The van der Waals surface area contributed by atoms with E-state index in [1.807, 2.05) is 7.05 Å². The third kappa shape index (κ3) is 1.34. The van der Waals surface area contributed by atoms with Crippen LogP contribution in [0.5, 0.6) is 0 Å². The summed E-state index contributed by atoms with van der Waals surface area (Å²) in [5.41, 5.74) is -0.0276. The molecule has 0 atom stereocenters. The molecule has 1 aliphatic carbocycles. The highest BCUT2D eigenvalue weighted by Crippen LogP contribution is 2.40. The van der Waals surface area contributed by atoms with Gasteiger partial charge in [0, 0.05) is 5.92 Å². The van der Waals surface area contributed by atoms with Crippen molar-refractivity contribution in [3.8, 4) is 0 Å². The maximum absolute atomic E-state index is 5.30. The average molecular weight is 195 g/mol. The van der Waals surface area contributed by atoms with Crippen LogP contribution in [0.4, 0.5) is 0 Å². The second-order valence-electron chi connectivity index (χ2n) is 4.30. The van der Waals surface area contributed by atoms with Crippen LogP contribution in [0.1, 0.15) is 50.7 Å². The van der Waals surface area contributed by atoms with Gasteiger partial charge in [-0.1, -0.05) is 19.0 Å². The van der Waals surface area contributed by atoms with E-state index in [2.05, 4.69) is 29.3 Å². The van der Waals surface area contributed by atoms with Crippen LogP contribution in [0, 0.1) is 0 Å². The zero-order valence-corrected chi connectivity index (χ0v) is 9.00. The molecule has 0 unspecified atom stereocenters.